The summed E-state index contributed by atoms with van der Waals surface area (Å²) in [6.07, 6.45) is 1.30. The number of amidine groups is 1. The number of aromatic nitrogens is 7. The van der Waals surface area contributed by atoms with Crippen LogP contribution in [0.3, 0.4) is 0 Å². The monoisotopic (exact) mass is 727 g/mol. The molecule has 1 aliphatic carbocycles. The number of aliphatic imine (C=N–C) groups is 1. The Bertz CT molecular complexity index is 1880. The number of amides is 1. The smallest absolute Gasteiger partial charge is 0.328 e. The number of rotatable bonds is 14. The molecule has 2 aliphatic heterocycles. The summed E-state index contributed by atoms with van der Waals surface area (Å²) >= 11 is 0. The number of aliphatic hydroxyl groups excluding tert-OH is 1. The Morgan fingerprint density at radius 3 is 2.65 bits per heavy atom. The van der Waals surface area contributed by atoms with Gasteiger partial charge in [0.15, 0.2) is 23.5 Å². The fraction of sp³-hybridized carbons (Fsp3) is 0.636. The highest BCUT2D eigenvalue weighted by Crippen LogP contribution is 2.40. The summed E-state index contributed by atoms with van der Waals surface area (Å²) in [5.74, 6) is -0.435. The van der Waals surface area contributed by atoms with Crippen LogP contribution < -0.4 is 16.6 Å². The third kappa shape index (κ3) is 7.69. The molecule has 19 heteroatoms. The van der Waals surface area contributed by atoms with E-state index in [2.05, 4.69) is 30.6 Å². The summed E-state index contributed by atoms with van der Waals surface area (Å²) in [7, 11) is 3.10. The van der Waals surface area contributed by atoms with Crippen molar-refractivity contribution in [2.75, 3.05) is 27.4 Å². The quantitative estimate of drug-likeness (QED) is 0.190. The van der Waals surface area contributed by atoms with Gasteiger partial charge in [-0.05, 0) is 12.3 Å². The summed E-state index contributed by atoms with van der Waals surface area (Å²) < 4.78 is 34.2. The van der Waals surface area contributed by atoms with Crippen LogP contribution in [-0.2, 0) is 41.6 Å². The van der Waals surface area contributed by atoms with Crippen LogP contribution in [0.2, 0.25) is 0 Å². The molecule has 19 nitrogen and oxygen atoms in total. The van der Waals surface area contributed by atoms with Gasteiger partial charge in [0.25, 0.3) is 5.56 Å². The van der Waals surface area contributed by atoms with Gasteiger partial charge in [0.1, 0.15) is 35.9 Å². The summed E-state index contributed by atoms with van der Waals surface area (Å²) in [6.45, 7) is 6.15. The number of Topliss-reactive ketones (excluding diaryl/α,β-unsaturated/α-hetero) is 1. The van der Waals surface area contributed by atoms with Crippen molar-refractivity contribution < 1.29 is 38.4 Å². The number of carbonyl (C=O) groups excluding carboxylic acids is 2. The van der Waals surface area contributed by atoms with E-state index in [4.69, 9.17) is 23.7 Å². The highest BCUT2D eigenvalue weighted by atomic mass is 16.6. The Balaban J connectivity index is 1.16. The van der Waals surface area contributed by atoms with Crippen molar-refractivity contribution in [3.05, 3.63) is 57.0 Å². The number of aliphatic hydroxyl groups is 1. The average molecular weight is 728 g/mol. The fourth-order valence-corrected chi connectivity index (χ4v) is 6.96. The molecule has 8 atom stereocenters. The van der Waals surface area contributed by atoms with Crippen molar-refractivity contribution in [2.45, 2.75) is 96.0 Å². The van der Waals surface area contributed by atoms with Gasteiger partial charge >= 0.3 is 5.69 Å². The molecule has 1 saturated carbocycles. The molecule has 3 aromatic heterocycles. The topological polar surface area (TPSA) is 228 Å². The first-order chi connectivity index (χ1) is 25.0. The van der Waals surface area contributed by atoms with E-state index in [1.54, 1.807) is 27.2 Å². The first-order valence-electron chi connectivity index (χ1n) is 17.3. The van der Waals surface area contributed by atoms with Gasteiger partial charge in [-0.3, -0.25) is 28.5 Å². The van der Waals surface area contributed by atoms with E-state index in [1.807, 2.05) is 6.92 Å². The maximum atomic E-state index is 12.9. The van der Waals surface area contributed by atoms with Gasteiger partial charge in [-0.1, -0.05) is 32.4 Å². The van der Waals surface area contributed by atoms with Crippen LogP contribution in [0.1, 0.15) is 68.5 Å². The van der Waals surface area contributed by atoms with Gasteiger partial charge in [0.05, 0.1) is 57.5 Å². The molecule has 1 amide bonds. The Morgan fingerprint density at radius 1 is 1.13 bits per heavy atom. The zero-order valence-corrected chi connectivity index (χ0v) is 29.7. The molecular weight excluding hydrogens is 682 g/mol. The van der Waals surface area contributed by atoms with Crippen LogP contribution in [-0.4, -0.2) is 115 Å². The Morgan fingerprint density at radius 2 is 1.94 bits per heavy atom. The van der Waals surface area contributed by atoms with Crippen LogP contribution in [0.25, 0.3) is 0 Å². The minimum absolute atomic E-state index is 0.0777. The van der Waals surface area contributed by atoms with E-state index < -0.39 is 41.9 Å². The third-order valence-corrected chi connectivity index (χ3v) is 9.67. The summed E-state index contributed by atoms with van der Waals surface area (Å²) in [6, 6.07) is 0.981. The second-order valence-electron chi connectivity index (χ2n) is 13.4. The molecule has 2 fully saturated rings. The number of hydrogen-bond acceptors (Lipinski definition) is 14. The molecular formula is C33H45N9O10. The number of ether oxygens (including phenoxy) is 5. The highest BCUT2D eigenvalue weighted by molar-refractivity contribution is 6.16. The number of H-pyrrole nitrogens is 1. The normalized spacial score (nSPS) is 27.3. The van der Waals surface area contributed by atoms with Gasteiger partial charge < -0.3 is 34.1 Å². The number of carbonyl (C=O) groups is 2. The zero-order chi connectivity index (χ0) is 37.1. The highest BCUT2D eigenvalue weighted by Gasteiger charge is 2.48. The maximum Gasteiger partial charge on any atom is 0.328 e. The molecule has 1 saturated heterocycles. The predicted octanol–water partition coefficient (Wildman–Crippen LogP) is 0.275. The van der Waals surface area contributed by atoms with Crippen molar-refractivity contribution >= 4 is 23.3 Å². The summed E-state index contributed by atoms with van der Waals surface area (Å²) in [5.41, 5.74) is -0.318. The van der Waals surface area contributed by atoms with Crippen LogP contribution in [0.15, 0.2) is 39.4 Å². The van der Waals surface area contributed by atoms with Gasteiger partial charge in [-0.25, -0.2) is 19.5 Å². The molecule has 3 N–H and O–H groups in total. The lowest BCUT2D eigenvalue weighted by molar-refractivity contribution is -0.122. The molecule has 0 aromatic carbocycles. The van der Waals surface area contributed by atoms with Gasteiger partial charge in [0.2, 0.25) is 5.91 Å². The molecule has 0 radical (unpaired) electrons. The van der Waals surface area contributed by atoms with E-state index in [0.717, 1.165) is 6.42 Å². The lowest BCUT2D eigenvalue weighted by Crippen LogP contribution is -2.38. The lowest BCUT2D eigenvalue weighted by atomic mass is 10.0. The van der Waals surface area contributed by atoms with Gasteiger partial charge in [-0.15, -0.1) is 5.10 Å². The van der Waals surface area contributed by atoms with Crippen LogP contribution in [0, 0.1) is 11.8 Å². The second-order valence-corrected chi connectivity index (χ2v) is 13.4. The summed E-state index contributed by atoms with van der Waals surface area (Å²) in [4.78, 5) is 60.6. The number of nitrogens with one attached hydrogen (secondary N) is 2. The zero-order valence-electron chi connectivity index (χ0n) is 29.7. The number of methoxy groups -OCH3 is 2. The standard InChI is InChI=1S/C33H45N9O10/c1-6-18-11-20(41-8-7-24(44)37-33(41)47)28(49-5)27(18)51-15-19-13-40(39-38-19)14-22-26(45)29(50-10-9-48-4)32(52-22)42-16-34-25-21(43)12-23(35-30(25)42)36-31(46)17(2)3/h7-8,13,16-18,20,22,26-29,32,45H,6,9-12,14-15H2,1-5H3,(H,35,36,46)(H,37,44,47)/t18-,20+,22+,26?,27?,28+,29-,32+/m0/s1. The molecule has 2 unspecified atom stereocenters. The van der Waals surface area contributed by atoms with E-state index in [-0.39, 0.29) is 85.8 Å². The van der Waals surface area contributed by atoms with Crippen molar-refractivity contribution in [1.29, 1.82) is 0 Å². The molecule has 0 bridgehead atoms. The summed E-state index contributed by atoms with van der Waals surface area (Å²) in [5, 5.41) is 22.7. The van der Waals surface area contributed by atoms with Gasteiger partial charge in [-0.2, -0.15) is 0 Å². The fourth-order valence-electron chi connectivity index (χ4n) is 6.96. The minimum atomic E-state index is -1.13. The number of aromatic amines is 1. The van der Waals surface area contributed by atoms with Crippen molar-refractivity contribution in [1.82, 2.24) is 39.4 Å². The average Bonchev–Trinajstić information content (AvgIpc) is 3.89. The molecule has 0 spiro atoms. The molecule has 6 rings (SSSR count). The van der Waals surface area contributed by atoms with Crippen LogP contribution in [0.5, 0.6) is 0 Å². The number of imidazole rings is 1. The lowest BCUT2D eigenvalue weighted by Gasteiger charge is -2.26. The number of fused-ring (bicyclic) bond motifs is 1. The van der Waals surface area contributed by atoms with E-state index in [0.29, 0.717) is 12.1 Å². The molecule has 52 heavy (non-hydrogen) atoms. The SMILES string of the molecule is CC[C@H]1C[C@@H](n2ccc(=O)[nH]c2=O)[C@@H](OC)C1OCc1cn(C[C@H]2O[C@@H](n3cnc4c3N=C(NC(=O)C(C)C)CC4=O)[C@@H](OCCOC)C2O)nn1. The Hall–Kier alpha value is -4.40. The third-order valence-electron chi connectivity index (χ3n) is 9.67. The van der Waals surface area contributed by atoms with E-state index >= 15 is 0 Å². The largest absolute Gasteiger partial charge is 0.387 e. The number of nitrogens with zero attached hydrogens (tertiary/aromatic N) is 7. The van der Waals surface area contributed by atoms with Crippen molar-refractivity contribution in [2.24, 2.45) is 16.8 Å². The van der Waals surface area contributed by atoms with Gasteiger partial charge in [0, 0.05) is 32.4 Å². The molecule has 3 aliphatic rings. The van der Waals surface area contributed by atoms with Crippen LogP contribution in [0.4, 0.5) is 5.82 Å². The number of ketones is 1. The minimum Gasteiger partial charge on any atom is -0.387 e. The number of hydrogen-bond donors (Lipinski definition) is 3. The maximum absolute atomic E-state index is 12.9. The van der Waals surface area contributed by atoms with E-state index in [9.17, 15) is 24.3 Å². The predicted molar refractivity (Wildman–Crippen MR) is 181 cm³/mol. The first-order valence-corrected chi connectivity index (χ1v) is 17.3. The van der Waals surface area contributed by atoms with Crippen LogP contribution >= 0.6 is 0 Å². The molecule has 3 aromatic rings. The van der Waals surface area contributed by atoms with Crippen molar-refractivity contribution in [3.8, 4) is 0 Å². The van der Waals surface area contributed by atoms with E-state index in [1.165, 1.54) is 39.5 Å². The first kappa shape index (κ1) is 37.4. The Kier molecular flexibility index (Phi) is 11.6. The molecule has 5 heterocycles. The second kappa shape index (κ2) is 16.1. The Labute approximate surface area is 298 Å². The molecule has 282 valence electrons. The van der Waals surface area contributed by atoms with Crippen molar-refractivity contribution in [3.63, 3.8) is 0 Å².